The third kappa shape index (κ3) is 4.81. The number of hydrogen-bond acceptors (Lipinski definition) is 3. The third-order valence-corrected chi connectivity index (χ3v) is 3.20. The van der Waals surface area contributed by atoms with Crippen molar-refractivity contribution in [3.63, 3.8) is 0 Å². The predicted octanol–water partition coefficient (Wildman–Crippen LogP) is 1.99. The number of carbonyl (C=O) groups excluding carboxylic acids is 2. The molecule has 0 atom stereocenters. The Bertz CT molecular complexity index is 701. The SMILES string of the molecule is CCCC(=O)Nc1cccc(CNC(=O)c2cccc[n+]2[O-])c1. The maximum atomic E-state index is 12.0. The minimum absolute atomic E-state index is 0.0367. The highest BCUT2D eigenvalue weighted by Crippen LogP contribution is 2.11. The van der Waals surface area contributed by atoms with Crippen molar-refractivity contribution in [1.82, 2.24) is 5.32 Å². The molecule has 0 spiro atoms. The number of benzene rings is 1. The van der Waals surface area contributed by atoms with Gasteiger partial charge in [0.05, 0.1) is 0 Å². The molecule has 0 fully saturated rings. The molecule has 0 unspecified atom stereocenters. The van der Waals surface area contributed by atoms with Crippen molar-refractivity contribution in [3.8, 4) is 0 Å². The Balaban J connectivity index is 1.97. The summed E-state index contributed by atoms with van der Waals surface area (Å²) in [6.45, 7) is 2.21. The van der Waals surface area contributed by atoms with Crippen LogP contribution in [0.25, 0.3) is 0 Å². The average molecular weight is 313 g/mol. The molecule has 120 valence electrons. The average Bonchev–Trinajstić information content (AvgIpc) is 2.53. The van der Waals surface area contributed by atoms with Crippen molar-refractivity contribution in [2.75, 3.05) is 5.32 Å². The van der Waals surface area contributed by atoms with Gasteiger partial charge in [0.2, 0.25) is 5.91 Å². The Labute approximate surface area is 134 Å². The summed E-state index contributed by atoms with van der Waals surface area (Å²) in [6.07, 6.45) is 2.53. The van der Waals surface area contributed by atoms with E-state index in [4.69, 9.17) is 0 Å². The summed E-state index contributed by atoms with van der Waals surface area (Å²) in [4.78, 5) is 23.6. The van der Waals surface area contributed by atoms with Crippen molar-refractivity contribution >= 4 is 17.5 Å². The standard InChI is InChI=1S/C17H19N3O3/c1-2-6-16(21)19-14-8-5-7-13(11-14)12-18-17(22)15-9-3-4-10-20(15)23/h3-5,7-11H,2,6,12H2,1H3,(H,18,22)(H,19,21). The van der Waals surface area contributed by atoms with E-state index in [0.29, 0.717) is 16.8 Å². The lowest BCUT2D eigenvalue weighted by Gasteiger charge is -2.08. The van der Waals surface area contributed by atoms with Gasteiger partial charge in [0.1, 0.15) is 0 Å². The lowest BCUT2D eigenvalue weighted by atomic mass is 10.2. The summed E-state index contributed by atoms with van der Waals surface area (Å²) in [5, 5.41) is 17.0. The van der Waals surface area contributed by atoms with Crippen LogP contribution in [-0.2, 0) is 11.3 Å². The maximum absolute atomic E-state index is 12.0. The molecule has 6 nitrogen and oxygen atoms in total. The van der Waals surface area contributed by atoms with Crippen molar-refractivity contribution < 1.29 is 14.3 Å². The van der Waals surface area contributed by atoms with Gasteiger partial charge in [0.25, 0.3) is 5.69 Å². The number of carbonyl (C=O) groups is 2. The Morgan fingerprint density at radius 2 is 2.00 bits per heavy atom. The fourth-order valence-electron chi connectivity index (χ4n) is 2.09. The van der Waals surface area contributed by atoms with Gasteiger partial charge in [-0.1, -0.05) is 19.1 Å². The Morgan fingerprint density at radius 3 is 2.74 bits per heavy atom. The first-order chi connectivity index (χ1) is 11.1. The molecule has 0 saturated heterocycles. The summed E-state index contributed by atoms with van der Waals surface area (Å²) in [5.74, 6) is -0.480. The molecule has 0 bridgehead atoms. The van der Waals surface area contributed by atoms with Crippen molar-refractivity contribution in [3.05, 3.63) is 65.1 Å². The number of nitrogens with one attached hydrogen (secondary N) is 2. The van der Waals surface area contributed by atoms with E-state index >= 15 is 0 Å². The van der Waals surface area contributed by atoms with Crippen LogP contribution in [0.15, 0.2) is 48.7 Å². The molecule has 2 amide bonds. The molecule has 6 heteroatoms. The van der Waals surface area contributed by atoms with Crippen LogP contribution in [0.1, 0.15) is 35.8 Å². The molecule has 0 aliphatic heterocycles. The molecule has 0 radical (unpaired) electrons. The number of amides is 2. The van der Waals surface area contributed by atoms with Crippen molar-refractivity contribution in [1.29, 1.82) is 0 Å². The van der Waals surface area contributed by atoms with Crippen LogP contribution in [0.5, 0.6) is 0 Å². The van der Waals surface area contributed by atoms with Gasteiger partial charge in [-0.2, -0.15) is 4.73 Å². The number of hydrogen-bond donors (Lipinski definition) is 2. The van der Waals surface area contributed by atoms with E-state index < -0.39 is 5.91 Å². The molecule has 2 aromatic rings. The van der Waals surface area contributed by atoms with E-state index in [1.807, 2.05) is 13.0 Å². The topological polar surface area (TPSA) is 85.1 Å². The first-order valence-electron chi connectivity index (χ1n) is 7.45. The second-order valence-electron chi connectivity index (χ2n) is 5.09. The number of rotatable bonds is 6. The molecular formula is C17H19N3O3. The third-order valence-electron chi connectivity index (χ3n) is 3.20. The second-order valence-corrected chi connectivity index (χ2v) is 5.09. The molecule has 1 aromatic heterocycles. The fourth-order valence-corrected chi connectivity index (χ4v) is 2.09. The van der Waals surface area contributed by atoms with Crippen LogP contribution < -0.4 is 15.4 Å². The fraction of sp³-hybridized carbons (Fsp3) is 0.235. The smallest absolute Gasteiger partial charge is 0.317 e. The van der Waals surface area contributed by atoms with Gasteiger partial charge in [0.15, 0.2) is 6.20 Å². The molecule has 0 aliphatic carbocycles. The van der Waals surface area contributed by atoms with Crippen molar-refractivity contribution in [2.24, 2.45) is 0 Å². The van der Waals surface area contributed by atoms with Gasteiger partial charge in [-0.25, -0.2) is 0 Å². The van der Waals surface area contributed by atoms with Gasteiger partial charge in [-0.15, -0.1) is 0 Å². The normalized spacial score (nSPS) is 10.1. The zero-order valence-corrected chi connectivity index (χ0v) is 12.9. The maximum Gasteiger partial charge on any atom is 0.317 e. The van der Waals surface area contributed by atoms with Gasteiger partial charge in [0, 0.05) is 30.8 Å². The van der Waals surface area contributed by atoms with Gasteiger partial charge in [-0.3, -0.25) is 9.59 Å². The van der Waals surface area contributed by atoms with Gasteiger partial charge in [-0.05, 0) is 30.2 Å². The molecule has 2 N–H and O–H groups in total. The molecule has 1 heterocycles. The summed E-state index contributed by atoms with van der Waals surface area (Å²) in [7, 11) is 0. The lowest BCUT2D eigenvalue weighted by Crippen LogP contribution is -2.38. The van der Waals surface area contributed by atoms with E-state index in [-0.39, 0.29) is 18.1 Å². The number of nitrogens with zero attached hydrogens (tertiary/aromatic N) is 1. The summed E-state index contributed by atoms with van der Waals surface area (Å²) < 4.78 is 0.525. The van der Waals surface area contributed by atoms with Gasteiger partial charge < -0.3 is 15.8 Å². The molecule has 0 aliphatic rings. The highest BCUT2D eigenvalue weighted by Gasteiger charge is 2.14. The Kier molecular flexibility index (Phi) is 5.68. The largest absolute Gasteiger partial charge is 0.618 e. The predicted molar refractivity (Wildman–Crippen MR) is 86.6 cm³/mol. The van der Waals surface area contributed by atoms with Crippen LogP contribution in [0.3, 0.4) is 0 Å². The van der Waals surface area contributed by atoms with Gasteiger partial charge >= 0.3 is 5.91 Å². The first kappa shape index (κ1) is 16.5. The molecule has 23 heavy (non-hydrogen) atoms. The van der Waals surface area contributed by atoms with Crippen LogP contribution in [0, 0.1) is 5.21 Å². The minimum Gasteiger partial charge on any atom is -0.618 e. The zero-order chi connectivity index (χ0) is 16.7. The monoisotopic (exact) mass is 313 g/mol. The van der Waals surface area contributed by atoms with E-state index in [2.05, 4.69) is 10.6 Å². The van der Waals surface area contributed by atoms with E-state index in [1.54, 1.807) is 30.3 Å². The van der Waals surface area contributed by atoms with E-state index in [0.717, 1.165) is 12.0 Å². The highest BCUT2D eigenvalue weighted by molar-refractivity contribution is 5.91. The molecular weight excluding hydrogens is 294 g/mol. The molecule has 1 aromatic carbocycles. The van der Waals surface area contributed by atoms with Crippen LogP contribution in [-0.4, -0.2) is 11.8 Å². The van der Waals surface area contributed by atoms with Crippen molar-refractivity contribution in [2.45, 2.75) is 26.3 Å². The first-order valence-corrected chi connectivity index (χ1v) is 7.45. The second kappa shape index (κ2) is 7.93. The number of aromatic nitrogens is 1. The lowest BCUT2D eigenvalue weighted by molar-refractivity contribution is -0.607. The molecule has 0 saturated carbocycles. The summed E-state index contributed by atoms with van der Waals surface area (Å²) >= 11 is 0. The van der Waals surface area contributed by atoms with Crippen LogP contribution in [0.4, 0.5) is 5.69 Å². The summed E-state index contributed by atoms with van der Waals surface area (Å²) in [6, 6.07) is 11.9. The Morgan fingerprint density at radius 1 is 1.17 bits per heavy atom. The zero-order valence-electron chi connectivity index (χ0n) is 12.9. The minimum atomic E-state index is -0.443. The quantitative estimate of drug-likeness (QED) is 0.632. The van der Waals surface area contributed by atoms with E-state index in [1.165, 1.54) is 12.3 Å². The number of anilines is 1. The Hall–Kier alpha value is -2.89. The number of pyridine rings is 1. The molecule has 2 rings (SSSR count). The summed E-state index contributed by atoms with van der Waals surface area (Å²) in [5.41, 5.74) is 1.56. The highest BCUT2D eigenvalue weighted by atomic mass is 16.5. The van der Waals surface area contributed by atoms with Crippen LogP contribution >= 0.6 is 0 Å². The van der Waals surface area contributed by atoms with Crippen LogP contribution in [0.2, 0.25) is 0 Å². The van der Waals surface area contributed by atoms with E-state index in [9.17, 15) is 14.8 Å².